The van der Waals surface area contributed by atoms with Gasteiger partial charge in [-0.05, 0) is 15.9 Å². The molecule has 1 aliphatic rings. The minimum absolute atomic E-state index is 0.00816. The number of anilines is 1. The number of aliphatic hydroxyl groups is 3. The molecule has 0 saturated carbocycles. The molecule has 210 valence electrons. The second-order valence-corrected chi connectivity index (χ2v) is 9.93. The maximum Gasteiger partial charge on any atom is 0.466 e. The van der Waals surface area contributed by atoms with E-state index in [0.717, 1.165) is 0 Å². The number of rotatable bonds is 2. The maximum absolute atomic E-state index is 11.8. The molecular formula is C10H21BrN5O17P3. The van der Waals surface area contributed by atoms with Gasteiger partial charge in [0.05, 0.1) is 6.61 Å². The van der Waals surface area contributed by atoms with Gasteiger partial charge in [0.15, 0.2) is 22.1 Å². The first-order valence-electron chi connectivity index (χ1n) is 8.34. The van der Waals surface area contributed by atoms with E-state index in [9.17, 15) is 15.0 Å². The molecule has 2 aromatic heterocycles. The smallest absolute Gasteiger partial charge is 0.394 e. The number of hydrogen-bond donors (Lipinski definition) is 14. The van der Waals surface area contributed by atoms with Crippen LogP contribution in [0.3, 0.4) is 0 Å². The molecule has 0 spiro atoms. The van der Waals surface area contributed by atoms with E-state index >= 15 is 0 Å². The fourth-order valence-electron chi connectivity index (χ4n) is 2.29. The highest BCUT2D eigenvalue weighted by atomic mass is 79.9. The van der Waals surface area contributed by atoms with Crippen molar-refractivity contribution in [3.8, 4) is 0 Å². The number of nitrogen functional groups attached to an aromatic ring is 1. The topological polar surface area (TPSA) is 393 Å². The number of ether oxygens (including phenoxy) is 1. The molecule has 3 rings (SSSR count). The molecule has 0 amide bonds. The zero-order valence-electron chi connectivity index (χ0n) is 17.1. The predicted octanol–water partition coefficient (Wildman–Crippen LogP) is -4.71. The Labute approximate surface area is 206 Å². The number of nitrogens with one attached hydrogen (secondary N) is 1. The van der Waals surface area contributed by atoms with E-state index in [1.807, 2.05) is 0 Å². The highest BCUT2D eigenvalue weighted by Gasteiger charge is 2.44. The number of aromatic amines is 1. The van der Waals surface area contributed by atoms with Crippen LogP contribution in [0.4, 0.5) is 5.95 Å². The van der Waals surface area contributed by atoms with Crippen LogP contribution >= 0.6 is 39.4 Å². The van der Waals surface area contributed by atoms with Crippen LogP contribution in [0, 0.1) is 0 Å². The van der Waals surface area contributed by atoms with Gasteiger partial charge in [0, 0.05) is 0 Å². The number of H-pyrrole nitrogens is 1. The van der Waals surface area contributed by atoms with E-state index in [1.54, 1.807) is 0 Å². The minimum atomic E-state index is -4.64. The van der Waals surface area contributed by atoms with E-state index in [-0.39, 0.29) is 21.8 Å². The number of aliphatic hydroxyl groups excluding tert-OH is 3. The number of imidazole rings is 1. The van der Waals surface area contributed by atoms with Crippen molar-refractivity contribution in [2.24, 2.45) is 0 Å². The SMILES string of the molecule is Nc1nc2c(nc(Br)n2[C@@H]2O[C@H](CO)[C@@H](O)[C@H]2O)c(=O)[nH]1.O=P(O)(O)O.O=P(O)(O)O.O=P(O)(O)O. The summed E-state index contributed by atoms with van der Waals surface area (Å²) in [6, 6.07) is 0. The van der Waals surface area contributed by atoms with Crippen LogP contribution in [0.5, 0.6) is 0 Å². The Bertz CT molecular complexity index is 1130. The number of hydrogen-bond acceptors (Lipinski definition) is 11. The maximum atomic E-state index is 11.8. The van der Waals surface area contributed by atoms with Gasteiger partial charge in [-0.15, -0.1) is 0 Å². The number of halogens is 1. The molecule has 1 saturated heterocycles. The van der Waals surface area contributed by atoms with E-state index in [0.29, 0.717) is 0 Å². The lowest BCUT2D eigenvalue weighted by molar-refractivity contribution is -0.0521. The molecule has 0 radical (unpaired) electrons. The van der Waals surface area contributed by atoms with Gasteiger partial charge in [0.1, 0.15) is 18.3 Å². The van der Waals surface area contributed by atoms with Crippen LogP contribution in [0.25, 0.3) is 11.2 Å². The number of nitrogens with zero attached hydrogens (tertiary/aromatic N) is 3. The van der Waals surface area contributed by atoms with Crippen LogP contribution in [0.15, 0.2) is 9.53 Å². The lowest BCUT2D eigenvalue weighted by atomic mass is 10.1. The molecule has 3 heterocycles. The standard InChI is InChI=1S/C10H12BrN5O5.3H3O4P/c11-9-13-3-6(14-10(12)15-7(3)20)16(9)8-5(19)4(18)2(1-17)21-8;3*1-5(2,3)4/h2,4-5,8,17-19H,1H2,(H3,12,14,15,20);3*(H3,1,2,3,4)/t2-,4-,5-,8-;;;/m1.../s1. The number of aromatic nitrogens is 4. The van der Waals surface area contributed by atoms with Crippen molar-refractivity contribution in [1.29, 1.82) is 0 Å². The average molecular weight is 656 g/mol. The summed E-state index contributed by atoms with van der Waals surface area (Å²) in [7, 11) is -13.9. The second kappa shape index (κ2) is 13.6. The summed E-state index contributed by atoms with van der Waals surface area (Å²) in [6.07, 6.45) is -4.61. The average Bonchev–Trinajstić information content (AvgIpc) is 3.07. The van der Waals surface area contributed by atoms with Gasteiger partial charge in [-0.25, -0.2) is 18.7 Å². The van der Waals surface area contributed by atoms with Crippen molar-refractivity contribution in [2.45, 2.75) is 24.5 Å². The summed E-state index contributed by atoms with van der Waals surface area (Å²) in [5.74, 6) is -0.118. The highest BCUT2D eigenvalue weighted by Crippen LogP contribution is 2.33. The molecule has 4 atom stereocenters. The predicted molar refractivity (Wildman–Crippen MR) is 116 cm³/mol. The monoisotopic (exact) mass is 655 g/mol. The Kier molecular flexibility index (Phi) is 13.1. The zero-order chi connectivity index (χ0) is 28.8. The minimum Gasteiger partial charge on any atom is -0.394 e. The van der Waals surface area contributed by atoms with Crippen molar-refractivity contribution >= 4 is 56.5 Å². The summed E-state index contributed by atoms with van der Waals surface area (Å²) in [6.45, 7) is -0.463. The fourth-order valence-corrected chi connectivity index (χ4v) is 2.84. The van der Waals surface area contributed by atoms with E-state index in [1.165, 1.54) is 4.57 Å². The van der Waals surface area contributed by atoms with Crippen molar-refractivity contribution < 1.29 is 77.8 Å². The van der Waals surface area contributed by atoms with Crippen LogP contribution in [-0.2, 0) is 18.4 Å². The van der Waals surface area contributed by atoms with Crippen molar-refractivity contribution in [1.82, 2.24) is 19.5 Å². The number of fused-ring (bicyclic) bond motifs is 1. The first-order chi connectivity index (χ1) is 15.9. The normalized spacial score (nSPS) is 22.0. The Morgan fingerprint density at radius 1 is 0.917 bits per heavy atom. The van der Waals surface area contributed by atoms with Crippen molar-refractivity contribution in [3.63, 3.8) is 0 Å². The summed E-state index contributed by atoms with van der Waals surface area (Å²) < 4.78 is 33.5. The van der Waals surface area contributed by atoms with Gasteiger partial charge in [0.25, 0.3) is 5.56 Å². The van der Waals surface area contributed by atoms with Gasteiger partial charge in [-0.3, -0.25) is 14.3 Å². The first kappa shape index (κ1) is 34.8. The van der Waals surface area contributed by atoms with Crippen molar-refractivity contribution in [3.05, 3.63) is 15.1 Å². The molecule has 0 bridgehead atoms. The number of phosphoric acid groups is 3. The van der Waals surface area contributed by atoms with E-state index < -0.39 is 60.2 Å². The fraction of sp³-hybridized carbons (Fsp3) is 0.500. The largest absolute Gasteiger partial charge is 0.466 e. The Morgan fingerprint density at radius 3 is 1.69 bits per heavy atom. The molecule has 36 heavy (non-hydrogen) atoms. The summed E-state index contributed by atoms with van der Waals surface area (Å²) >= 11 is 3.15. The molecule has 15 N–H and O–H groups in total. The molecule has 22 nitrogen and oxygen atoms in total. The zero-order valence-corrected chi connectivity index (χ0v) is 21.3. The van der Waals surface area contributed by atoms with Gasteiger partial charge >= 0.3 is 23.5 Å². The van der Waals surface area contributed by atoms with Gasteiger partial charge in [-0.1, -0.05) is 0 Å². The third-order valence-corrected chi connectivity index (χ3v) is 3.86. The molecule has 0 aliphatic carbocycles. The lowest BCUT2D eigenvalue weighted by Gasteiger charge is -2.17. The number of nitrogens with two attached hydrogens (primary N) is 1. The third kappa shape index (κ3) is 13.9. The third-order valence-electron chi connectivity index (χ3n) is 3.30. The van der Waals surface area contributed by atoms with Gasteiger partial charge < -0.3 is 69.8 Å². The molecule has 1 aliphatic heterocycles. The Morgan fingerprint density at radius 2 is 1.33 bits per heavy atom. The second-order valence-electron chi connectivity index (χ2n) is 6.14. The molecule has 0 unspecified atom stereocenters. The Hall–Kier alpha value is -1.20. The molecule has 1 fully saturated rings. The highest BCUT2D eigenvalue weighted by molar-refractivity contribution is 9.10. The molecule has 2 aromatic rings. The van der Waals surface area contributed by atoms with Crippen LogP contribution in [-0.4, -0.2) is 104 Å². The van der Waals surface area contributed by atoms with Crippen molar-refractivity contribution in [2.75, 3.05) is 12.3 Å². The quantitative estimate of drug-likeness (QED) is 0.107. The van der Waals surface area contributed by atoms with Gasteiger partial charge in [0.2, 0.25) is 5.95 Å². The van der Waals surface area contributed by atoms with E-state index in [4.69, 9.17) is 73.3 Å². The molecule has 26 heteroatoms. The van der Waals surface area contributed by atoms with E-state index in [2.05, 4.69) is 30.9 Å². The Balaban J connectivity index is 0.000000672. The van der Waals surface area contributed by atoms with Crippen LogP contribution in [0.1, 0.15) is 6.23 Å². The summed E-state index contributed by atoms with van der Waals surface area (Å²) in [5, 5.41) is 29.0. The summed E-state index contributed by atoms with van der Waals surface area (Å²) in [4.78, 5) is 86.7. The van der Waals surface area contributed by atoms with Gasteiger partial charge in [-0.2, -0.15) is 4.98 Å². The molecule has 0 aromatic carbocycles. The van der Waals surface area contributed by atoms with Crippen LogP contribution in [0.2, 0.25) is 0 Å². The molecular weight excluding hydrogens is 635 g/mol. The lowest BCUT2D eigenvalue weighted by Crippen LogP contribution is -2.33. The van der Waals surface area contributed by atoms with Crippen LogP contribution < -0.4 is 11.3 Å². The summed E-state index contributed by atoms with van der Waals surface area (Å²) in [5.41, 5.74) is 5.07. The first-order valence-corrected chi connectivity index (χ1v) is 13.8.